The van der Waals surface area contributed by atoms with Gasteiger partial charge in [0, 0.05) is 0 Å². The molecule has 0 saturated heterocycles. The van der Waals surface area contributed by atoms with Crippen LogP contribution >= 0.6 is 0 Å². The van der Waals surface area contributed by atoms with Crippen LogP contribution in [0.25, 0.3) is 8.25 Å². The molecule has 0 aliphatic rings. The second-order valence-corrected chi connectivity index (χ2v) is 10.7. The van der Waals surface area contributed by atoms with Gasteiger partial charge in [0.1, 0.15) is 0 Å². The molecule has 12 nitrogen and oxygen atoms in total. The van der Waals surface area contributed by atoms with Gasteiger partial charge in [-0.15, -0.1) is 0 Å². The fourth-order valence-corrected chi connectivity index (χ4v) is 3.85. The molecule has 0 aliphatic heterocycles. The number of rotatable bonds is 4. The molecule has 0 amide bonds. The van der Waals surface area contributed by atoms with Gasteiger partial charge in [-0.2, -0.15) is 52.7 Å². The molecule has 0 unspecified atom stereocenters. The molecule has 0 spiro atoms. The van der Waals surface area contributed by atoms with Crippen molar-refractivity contribution in [1.82, 2.24) is 0 Å². The third-order valence-corrected chi connectivity index (χ3v) is 7.04. The van der Waals surface area contributed by atoms with E-state index in [1.165, 1.54) is 0 Å². The van der Waals surface area contributed by atoms with Crippen LogP contribution in [0.15, 0.2) is 0 Å². The minimum atomic E-state index is -6.72. The fraction of sp³-hybridized carbons (Fsp3) is 1.00. The van der Waals surface area contributed by atoms with E-state index in [1.807, 2.05) is 0 Å². The van der Waals surface area contributed by atoms with E-state index in [0.29, 0.717) is 0 Å². The molecule has 0 bridgehead atoms. The Hall–Kier alpha value is 0.0597. The summed E-state index contributed by atoms with van der Waals surface area (Å²) in [5.74, 6) is 0. The van der Waals surface area contributed by atoms with Crippen LogP contribution in [-0.2, 0) is 40.1 Å². The number of hydrogen-bond acceptors (Lipinski definition) is 8. The van der Waals surface area contributed by atoms with Gasteiger partial charge in [0.25, 0.3) is 0 Å². The summed E-state index contributed by atoms with van der Waals surface area (Å²) in [5, 5.41) is 0. The first-order chi connectivity index (χ1) is 12.4. The van der Waals surface area contributed by atoms with Crippen molar-refractivity contribution in [2.24, 2.45) is 0 Å². The summed E-state index contributed by atoms with van der Waals surface area (Å²) in [5.41, 5.74) is -24.8. The third kappa shape index (κ3) is 12.5. The van der Waals surface area contributed by atoms with Crippen LogP contribution in [0, 0.1) is 0 Å². The first-order valence-electron chi connectivity index (χ1n) is 5.15. The Morgan fingerprint density at radius 1 is 0.364 bits per heavy atom. The number of alkyl halides is 12. The molecule has 29 heteroatoms. The Bertz CT molecular complexity index is 866. The van der Waals surface area contributed by atoms with Crippen LogP contribution < -0.4 is 0 Å². The number of halogens is 12. The average molecular weight is 636 g/mol. The number of hydrogen-bond donors (Lipinski definition) is 0. The van der Waals surface area contributed by atoms with Crippen molar-refractivity contribution < 1.29 is 97.3 Å². The fourth-order valence-electron chi connectivity index (χ4n) is 0.427. The Morgan fingerprint density at radius 3 is 0.515 bits per heavy atom. The van der Waals surface area contributed by atoms with Crippen molar-refractivity contribution in [2.75, 3.05) is 0 Å². The summed E-state index contributed by atoms with van der Waals surface area (Å²) in [6, 6.07) is 0. The quantitative estimate of drug-likeness (QED) is 0.303. The smallest absolute Gasteiger partial charge is 0.421 e. The maximum atomic E-state index is 11.4. The van der Waals surface area contributed by atoms with Gasteiger partial charge in [-0.1, -0.05) is 0 Å². The molecule has 0 aliphatic carbocycles. The molecule has 4 N–H and O–H groups in total. The Labute approximate surface area is 204 Å². The van der Waals surface area contributed by atoms with E-state index in [9.17, 15) is 86.4 Å². The first kappa shape index (κ1) is 43.2. The van der Waals surface area contributed by atoms with Gasteiger partial charge < -0.3 is 19.2 Å². The molecule has 0 atom stereocenters. The standard InChI is InChI=1S/2C2F6NO4S2.Ca.2H2O/c2*3-1(4,5)14(10,11)9-15(12,13)2(6,7)8;;;/h;;;2*1H2/q2*-1;+2;;. The van der Waals surface area contributed by atoms with Gasteiger partial charge >= 0.3 is 59.8 Å². The summed E-state index contributed by atoms with van der Waals surface area (Å²) in [6.45, 7) is 0. The molecule has 0 rings (SSSR count). The Balaban J connectivity index is -0.000000145. The molecular weight excluding hydrogens is 632 g/mol. The largest absolute Gasteiger partial charge is 2.00 e. The predicted molar refractivity (Wildman–Crippen MR) is 79.6 cm³/mol. The summed E-state index contributed by atoms with van der Waals surface area (Å²) in [7, 11) is -26.9. The van der Waals surface area contributed by atoms with E-state index in [4.69, 9.17) is 0 Å². The number of sulfonamides is 4. The van der Waals surface area contributed by atoms with Gasteiger partial charge in [-0.3, -0.25) is 0 Å². The summed E-state index contributed by atoms with van der Waals surface area (Å²) >= 11 is 0. The van der Waals surface area contributed by atoms with Crippen LogP contribution in [0.1, 0.15) is 0 Å². The summed E-state index contributed by atoms with van der Waals surface area (Å²) in [4.78, 5) is 0. The van der Waals surface area contributed by atoms with Crippen molar-refractivity contribution in [1.29, 1.82) is 0 Å². The Kier molecular flexibility index (Phi) is 16.1. The van der Waals surface area contributed by atoms with E-state index >= 15 is 0 Å². The zero-order chi connectivity index (χ0) is 25.4. The molecule has 0 aromatic heterocycles. The molecule has 0 fully saturated rings. The van der Waals surface area contributed by atoms with Crippen molar-refractivity contribution in [2.45, 2.75) is 22.0 Å². The van der Waals surface area contributed by atoms with E-state index < -0.39 is 62.1 Å². The molecule has 0 heterocycles. The molecule has 0 aromatic rings. The maximum Gasteiger partial charge on any atom is 2.00 e. The van der Waals surface area contributed by atoms with Crippen molar-refractivity contribution in [3.8, 4) is 0 Å². The van der Waals surface area contributed by atoms with Crippen LogP contribution in [0.5, 0.6) is 0 Å². The second kappa shape index (κ2) is 12.3. The summed E-state index contributed by atoms with van der Waals surface area (Å²) < 4.78 is 218. The van der Waals surface area contributed by atoms with E-state index in [1.54, 1.807) is 0 Å². The molecular formula is C4H4CaF12N2O10S4. The van der Waals surface area contributed by atoms with Crippen LogP contribution in [0.3, 0.4) is 0 Å². The molecule has 0 aromatic carbocycles. The zero-order valence-electron chi connectivity index (χ0n) is 14.0. The normalized spacial score (nSPS) is 13.9. The predicted octanol–water partition coefficient (Wildman–Crippen LogP) is 0.0884. The van der Waals surface area contributed by atoms with Crippen molar-refractivity contribution in [3.05, 3.63) is 8.25 Å². The average Bonchev–Trinajstić information content (AvgIpc) is 2.30. The monoisotopic (exact) mass is 636 g/mol. The second-order valence-electron chi connectivity index (χ2n) is 3.83. The van der Waals surface area contributed by atoms with E-state index in [0.717, 1.165) is 8.25 Å². The molecule has 0 saturated carbocycles. The van der Waals surface area contributed by atoms with Gasteiger partial charge in [0.2, 0.25) is 0 Å². The first-order valence-corrected chi connectivity index (χ1v) is 10.9. The van der Waals surface area contributed by atoms with E-state index in [2.05, 4.69) is 0 Å². The molecule has 33 heavy (non-hydrogen) atoms. The summed E-state index contributed by atoms with van der Waals surface area (Å²) in [6.07, 6.45) is 0. The van der Waals surface area contributed by atoms with E-state index in [-0.39, 0.29) is 48.7 Å². The van der Waals surface area contributed by atoms with Crippen molar-refractivity contribution >= 4 is 77.8 Å². The molecule has 0 radical (unpaired) electrons. The van der Waals surface area contributed by atoms with Gasteiger partial charge in [0.15, 0.2) is 40.1 Å². The van der Waals surface area contributed by atoms with Gasteiger partial charge in [-0.25, -0.2) is 33.7 Å². The van der Waals surface area contributed by atoms with Crippen LogP contribution in [0.2, 0.25) is 0 Å². The van der Waals surface area contributed by atoms with Crippen molar-refractivity contribution in [3.63, 3.8) is 0 Å². The zero-order valence-corrected chi connectivity index (χ0v) is 19.5. The third-order valence-electron chi connectivity index (χ3n) is 1.56. The topological polar surface area (TPSA) is 228 Å². The van der Waals surface area contributed by atoms with Crippen LogP contribution in [0.4, 0.5) is 52.7 Å². The van der Waals surface area contributed by atoms with Gasteiger partial charge in [-0.05, 0) is 0 Å². The minimum Gasteiger partial charge on any atom is -0.421 e. The SMILES string of the molecule is O.O.O=S(=O)([N-]S(=O)(=O)C(F)(F)F)C(F)(F)F.O=S(=O)([N-]S(=O)(=O)C(F)(F)F)C(F)(F)F.[Ca+2]. The van der Waals surface area contributed by atoms with Gasteiger partial charge in [0.05, 0.1) is 0 Å². The minimum absolute atomic E-state index is 0. The molecule has 200 valence electrons. The number of nitrogens with zero attached hydrogens (tertiary/aromatic N) is 2. The Morgan fingerprint density at radius 2 is 0.455 bits per heavy atom. The van der Waals surface area contributed by atoms with Crippen LogP contribution in [-0.4, -0.2) is 104 Å². The maximum absolute atomic E-state index is 11.4.